The predicted molar refractivity (Wildman–Crippen MR) is 71.4 cm³/mol. The Morgan fingerprint density at radius 3 is 2.47 bits per heavy atom. The van der Waals surface area contributed by atoms with Gasteiger partial charge in [-0.1, -0.05) is 39.0 Å². The number of nitrogens with zero attached hydrogens (tertiary/aromatic N) is 1. The van der Waals surface area contributed by atoms with E-state index in [0.29, 0.717) is 6.54 Å². The van der Waals surface area contributed by atoms with Crippen LogP contribution < -0.4 is 5.73 Å². The molecular formula is C14H22N2O. The number of nitrogen functional groups attached to an aromatic ring is 1. The number of para-hydroxylation sites is 1. The van der Waals surface area contributed by atoms with E-state index in [1.807, 2.05) is 52.1 Å². The minimum atomic E-state index is -0.307. The summed E-state index contributed by atoms with van der Waals surface area (Å²) in [5, 5.41) is 0. The molecule has 1 aromatic rings. The van der Waals surface area contributed by atoms with Crippen LogP contribution in [0.1, 0.15) is 32.8 Å². The summed E-state index contributed by atoms with van der Waals surface area (Å²) in [5.74, 6) is 0.156. The van der Waals surface area contributed by atoms with E-state index < -0.39 is 0 Å². The Balaban J connectivity index is 2.77. The van der Waals surface area contributed by atoms with E-state index in [1.54, 1.807) is 4.90 Å². The molecule has 1 aromatic carbocycles. The molecule has 0 unspecified atom stereocenters. The van der Waals surface area contributed by atoms with Crippen molar-refractivity contribution in [2.75, 3.05) is 12.8 Å². The highest BCUT2D eigenvalue weighted by Gasteiger charge is 2.28. The summed E-state index contributed by atoms with van der Waals surface area (Å²) >= 11 is 0. The number of carbonyl (C=O) groups excluding carboxylic acids is 1. The van der Waals surface area contributed by atoms with Gasteiger partial charge in [0.05, 0.1) is 0 Å². The molecule has 0 aliphatic carbocycles. The molecular weight excluding hydrogens is 212 g/mol. The third-order valence-electron chi connectivity index (χ3n) is 3.27. The van der Waals surface area contributed by atoms with Crippen LogP contribution in [0.5, 0.6) is 0 Å². The first-order chi connectivity index (χ1) is 7.88. The Morgan fingerprint density at radius 2 is 1.94 bits per heavy atom. The highest BCUT2D eigenvalue weighted by molar-refractivity contribution is 5.81. The van der Waals surface area contributed by atoms with Gasteiger partial charge in [-0.2, -0.15) is 0 Å². The largest absolute Gasteiger partial charge is 0.398 e. The fraction of sp³-hybridized carbons (Fsp3) is 0.500. The maximum Gasteiger partial charge on any atom is 0.228 e. The first-order valence-corrected chi connectivity index (χ1v) is 5.97. The molecule has 94 valence electrons. The van der Waals surface area contributed by atoms with E-state index in [4.69, 9.17) is 5.73 Å². The van der Waals surface area contributed by atoms with E-state index in [1.165, 1.54) is 0 Å². The number of amides is 1. The molecule has 0 saturated heterocycles. The molecule has 0 saturated carbocycles. The second kappa shape index (κ2) is 5.21. The van der Waals surface area contributed by atoms with Crippen molar-refractivity contribution in [1.29, 1.82) is 0 Å². The van der Waals surface area contributed by atoms with Crippen LogP contribution in [0.2, 0.25) is 0 Å². The fourth-order valence-corrected chi connectivity index (χ4v) is 1.67. The van der Waals surface area contributed by atoms with Crippen LogP contribution >= 0.6 is 0 Å². The molecule has 0 fully saturated rings. The molecule has 0 heterocycles. The lowest BCUT2D eigenvalue weighted by molar-refractivity contribution is -0.139. The Kier molecular flexibility index (Phi) is 4.16. The lowest BCUT2D eigenvalue weighted by Gasteiger charge is -2.28. The van der Waals surface area contributed by atoms with Gasteiger partial charge in [-0.05, 0) is 18.1 Å². The van der Waals surface area contributed by atoms with Gasteiger partial charge >= 0.3 is 0 Å². The minimum absolute atomic E-state index is 0.156. The summed E-state index contributed by atoms with van der Waals surface area (Å²) in [5.41, 5.74) is 7.30. The van der Waals surface area contributed by atoms with Crippen molar-refractivity contribution in [3.63, 3.8) is 0 Å². The van der Waals surface area contributed by atoms with Crippen LogP contribution in [0.15, 0.2) is 24.3 Å². The standard InChI is InChI=1S/C14H22N2O/c1-5-14(2,3)13(17)16(4)10-11-8-6-7-9-12(11)15/h6-9H,5,10,15H2,1-4H3. The molecule has 3 heteroatoms. The van der Waals surface area contributed by atoms with Crippen LogP contribution in [-0.4, -0.2) is 17.9 Å². The zero-order valence-electron chi connectivity index (χ0n) is 11.2. The second-order valence-corrected chi connectivity index (χ2v) is 5.10. The third kappa shape index (κ3) is 3.22. The number of hydrogen-bond acceptors (Lipinski definition) is 2. The molecule has 2 N–H and O–H groups in total. The lowest BCUT2D eigenvalue weighted by Crippen LogP contribution is -2.37. The summed E-state index contributed by atoms with van der Waals surface area (Å²) in [6.07, 6.45) is 0.834. The monoisotopic (exact) mass is 234 g/mol. The van der Waals surface area contributed by atoms with Crippen LogP contribution in [0.3, 0.4) is 0 Å². The molecule has 0 atom stereocenters. The average Bonchev–Trinajstić information content (AvgIpc) is 2.31. The van der Waals surface area contributed by atoms with Crippen LogP contribution in [0.4, 0.5) is 5.69 Å². The van der Waals surface area contributed by atoms with Crippen molar-refractivity contribution in [2.45, 2.75) is 33.7 Å². The van der Waals surface area contributed by atoms with E-state index in [2.05, 4.69) is 0 Å². The van der Waals surface area contributed by atoms with Gasteiger partial charge in [-0.25, -0.2) is 0 Å². The zero-order chi connectivity index (χ0) is 13.1. The molecule has 0 aliphatic heterocycles. The number of benzene rings is 1. The van der Waals surface area contributed by atoms with Gasteiger partial charge in [0.1, 0.15) is 0 Å². The topological polar surface area (TPSA) is 46.3 Å². The van der Waals surface area contributed by atoms with Gasteiger partial charge in [-0.15, -0.1) is 0 Å². The second-order valence-electron chi connectivity index (χ2n) is 5.10. The van der Waals surface area contributed by atoms with Gasteiger partial charge in [0.2, 0.25) is 5.91 Å². The highest BCUT2D eigenvalue weighted by Crippen LogP contribution is 2.24. The Morgan fingerprint density at radius 1 is 1.35 bits per heavy atom. The van der Waals surface area contributed by atoms with Crippen LogP contribution in [-0.2, 0) is 11.3 Å². The molecule has 0 bridgehead atoms. The van der Waals surface area contributed by atoms with E-state index >= 15 is 0 Å². The van der Waals surface area contributed by atoms with E-state index in [0.717, 1.165) is 17.7 Å². The molecule has 0 aromatic heterocycles. The summed E-state index contributed by atoms with van der Waals surface area (Å²) < 4.78 is 0. The van der Waals surface area contributed by atoms with Gasteiger partial charge in [0, 0.05) is 24.7 Å². The van der Waals surface area contributed by atoms with Crippen molar-refractivity contribution in [1.82, 2.24) is 4.90 Å². The molecule has 1 rings (SSSR count). The van der Waals surface area contributed by atoms with Gasteiger partial charge in [0.25, 0.3) is 0 Å². The van der Waals surface area contributed by atoms with Crippen LogP contribution in [0.25, 0.3) is 0 Å². The molecule has 3 nitrogen and oxygen atoms in total. The summed E-state index contributed by atoms with van der Waals surface area (Å²) in [6.45, 7) is 6.54. The fourth-order valence-electron chi connectivity index (χ4n) is 1.67. The predicted octanol–water partition coefficient (Wildman–Crippen LogP) is 2.66. The number of carbonyl (C=O) groups is 1. The van der Waals surface area contributed by atoms with Crippen molar-refractivity contribution in [2.24, 2.45) is 5.41 Å². The quantitative estimate of drug-likeness (QED) is 0.814. The van der Waals surface area contributed by atoms with Crippen molar-refractivity contribution in [3.8, 4) is 0 Å². The normalized spacial score (nSPS) is 11.3. The van der Waals surface area contributed by atoms with Crippen LogP contribution in [0, 0.1) is 5.41 Å². The number of hydrogen-bond donors (Lipinski definition) is 1. The third-order valence-corrected chi connectivity index (χ3v) is 3.27. The van der Waals surface area contributed by atoms with E-state index in [-0.39, 0.29) is 11.3 Å². The number of rotatable bonds is 4. The highest BCUT2D eigenvalue weighted by atomic mass is 16.2. The van der Waals surface area contributed by atoms with Gasteiger partial charge < -0.3 is 10.6 Å². The number of anilines is 1. The van der Waals surface area contributed by atoms with Gasteiger partial charge in [-0.3, -0.25) is 4.79 Å². The molecule has 0 aliphatic rings. The summed E-state index contributed by atoms with van der Waals surface area (Å²) in [7, 11) is 1.83. The molecule has 17 heavy (non-hydrogen) atoms. The Bertz CT molecular complexity index is 399. The minimum Gasteiger partial charge on any atom is -0.398 e. The van der Waals surface area contributed by atoms with Crippen molar-refractivity contribution >= 4 is 11.6 Å². The summed E-state index contributed by atoms with van der Waals surface area (Å²) in [4.78, 5) is 13.9. The Labute approximate surface area is 104 Å². The molecule has 0 radical (unpaired) electrons. The maximum absolute atomic E-state index is 12.2. The van der Waals surface area contributed by atoms with Gasteiger partial charge in [0.15, 0.2) is 0 Å². The first-order valence-electron chi connectivity index (χ1n) is 5.97. The smallest absolute Gasteiger partial charge is 0.228 e. The molecule has 1 amide bonds. The maximum atomic E-state index is 12.2. The average molecular weight is 234 g/mol. The van der Waals surface area contributed by atoms with E-state index in [9.17, 15) is 4.79 Å². The summed E-state index contributed by atoms with van der Waals surface area (Å²) in [6, 6.07) is 7.66. The lowest BCUT2D eigenvalue weighted by atomic mass is 9.88. The first kappa shape index (κ1) is 13.6. The number of nitrogens with two attached hydrogens (primary N) is 1. The van der Waals surface area contributed by atoms with Crippen molar-refractivity contribution < 1.29 is 4.79 Å². The van der Waals surface area contributed by atoms with Crippen molar-refractivity contribution in [3.05, 3.63) is 29.8 Å². The zero-order valence-corrected chi connectivity index (χ0v) is 11.2. The SMILES string of the molecule is CCC(C)(C)C(=O)N(C)Cc1ccccc1N. The Hall–Kier alpha value is -1.51. The molecule has 0 spiro atoms.